The quantitative estimate of drug-likeness (QED) is 0.776. The minimum atomic E-state index is -4.46. The maximum atomic E-state index is 13.0. The van der Waals surface area contributed by atoms with Gasteiger partial charge in [0.2, 0.25) is 0 Å². The van der Waals surface area contributed by atoms with Gasteiger partial charge in [0, 0.05) is 6.04 Å². The molecule has 1 amide bonds. The van der Waals surface area contributed by atoms with Gasteiger partial charge >= 0.3 is 12.3 Å². The lowest BCUT2D eigenvalue weighted by Crippen LogP contribution is -2.33. The number of benzene rings is 2. The molecule has 0 spiro atoms. The van der Waals surface area contributed by atoms with Crippen LogP contribution in [-0.2, 0) is 32.0 Å². The SMILES string of the molecule is O=C(O)NC1Cc2ccc(Cc3cc(CO)cc(C(F)(F)F)c3)cc2C1. The van der Waals surface area contributed by atoms with Crippen LogP contribution in [0.3, 0.4) is 0 Å². The molecule has 0 saturated carbocycles. The van der Waals surface area contributed by atoms with Gasteiger partial charge in [-0.15, -0.1) is 0 Å². The number of carboxylic acid groups (broad SMARTS) is 1. The van der Waals surface area contributed by atoms with Gasteiger partial charge in [-0.1, -0.05) is 24.3 Å². The Morgan fingerprint density at radius 3 is 2.38 bits per heavy atom. The van der Waals surface area contributed by atoms with Crippen molar-refractivity contribution in [2.45, 2.75) is 38.1 Å². The second-order valence-electron chi connectivity index (χ2n) is 6.53. The predicted molar refractivity (Wildman–Crippen MR) is 89.0 cm³/mol. The Morgan fingerprint density at radius 2 is 1.73 bits per heavy atom. The molecule has 4 nitrogen and oxygen atoms in total. The molecule has 2 aromatic carbocycles. The van der Waals surface area contributed by atoms with Gasteiger partial charge in [-0.3, -0.25) is 0 Å². The molecule has 1 unspecified atom stereocenters. The van der Waals surface area contributed by atoms with E-state index in [0.29, 0.717) is 24.8 Å². The monoisotopic (exact) mass is 365 g/mol. The van der Waals surface area contributed by atoms with Gasteiger partial charge in [0.25, 0.3) is 0 Å². The summed E-state index contributed by atoms with van der Waals surface area (Å²) in [6.45, 7) is -0.455. The average molecular weight is 365 g/mol. The lowest BCUT2D eigenvalue weighted by Gasteiger charge is -2.12. The number of aliphatic hydroxyl groups excluding tert-OH is 1. The summed E-state index contributed by atoms with van der Waals surface area (Å²) in [5.41, 5.74) is 2.83. The number of carbonyl (C=O) groups is 1. The van der Waals surface area contributed by atoms with Crippen molar-refractivity contribution in [2.24, 2.45) is 0 Å². The molecule has 2 aromatic rings. The molecular formula is C19H18F3NO3. The summed E-state index contributed by atoms with van der Waals surface area (Å²) in [7, 11) is 0. The highest BCUT2D eigenvalue weighted by atomic mass is 19.4. The molecule has 0 saturated heterocycles. The molecular weight excluding hydrogens is 347 g/mol. The standard InChI is InChI=1S/C19H18F3NO3/c20-19(21,22)16-6-12(4-13(7-16)10-24)3-11-1-2-14-8-17(23-18(25)26)9-15(14)5-11/h1-2,4-7,17,23-24H,3,8-10H2,(H,25,26). The second-order valence-corrected chi connectivity index (χ2v) is 6.53. The van der Waals surface area contributed by atoms with E-state index in [1.54, 1.807) is 6.07 Å². The zero-order chi connectivity index (χ0) is 18.9. The molecule has 0 aliphatic heterocycles. The van der Waals surface area contributed by atoms with Crippen LogP contribution in [-0.4, -0.2) is 22.3 Å². The van der Waals surface area contributed by atoms with Crippen LogP contribution >= 0.6 is 0 Å². The molecule has 1 atom stereocenters. The summed E-state index contributed by atoms with van der Waals surface area (Å²) in [6, 6.07) is 9.10. The van der Waals surface area contributed by atoms with Gasteiger partial charge < -0.3 is 15.5 Å². The minimum absolute atomic E-state index is 0.174. The van der Waals surface area contributed by atoms with Crippen LogP contribution in [0, 0.1) is 0 Å². The molecule has 0 fully saturated rings. The Labute approximate surface area is 148 Å². The summed E-state index contributed by atoms with van der Waals surface area (Å²) >= 11 is 0. The maximum Gasteiger partial charge on any atom is 0.416 e. The van der Waals surface area contributed by atoms with E-state index in [4.69, 9.17) is 5.11 Å². The van der Waals surface area contributed by atoms with E-state index in [1.807, 2.05) is 18.2 Å². The first-order chi connectivity index (χ1) is 12.2. The number of alkyl halides is 3. The van der Waals surface area contributed by atoms with Crippen LogP contribution in [0.2, 0.25) is 0 Å². The van der Waals surface area contributed by atoms with Crippen molar-refractivity contribution >= 4 is 6.09 Å². The van der Waals surface area contributed by atoms with Crippen LogP contribution in [0.15, 0.2) is 36.4 Å². The first-order valence-electron chi connectivity index (χ1n) is 8.15. The molecule has 3 rings (SSSR count). The smallest absolute Gasteiger partial charge is 0.416 e. The van der Waals surface area contributed by atoms with E-state index < -0.39 is 24.4 Å². The number of aliphatic hydroxyl groups is 1. The topological polar surface area (TPSA) is 69.6 Å². The summed E-state index contributed by atoms with van der Waals surface area (Å²) in [5.74, 6) is 0. The fourth-order valence-electron chi connectivity index (χ4n) is 3.41. The number of rotatable bonds is 4. The summed E-state index contributed by atoms with van der Waals surface area (Å²) in [6.07, 6.45) is -4.04. The Bertz CT molecular complexity index is 833. The number of hydrogen-bond donors (Lipinski definition) is 3. The van der Waals surface area contributed by atoms with E-state index in [9.17, 15) is 23.1 Å². The number of nitrogens with one attached hydrogen (secondary N) is 1. The Hall–Kier alpha value is -2.54. The highest BCUT2D eigenvalue weighted by Gasteiger charge is 2.31. The van der Waals surface area contributed by atoms with Crippen LogP contribution in [0.4, 0.5) is 18.0 Å². The highest BCUT2D eigenvalue weighted by molar-refractivity contribution is 5.65. The molecule has 3 N–H and O–H groups in total. The zero-order valence-corrected chi connectivity index (χ0v) is 13.8. The third-order valence-corrected chi connectivity index (χ3v) is 4.50. The Balaban J connectivity index is 1.82. The predicted octanol–water partition coefficient (Wildman–Crippen LogP) is 3.52. The first kappa shape index (κ1) is 18.3. The van der Waals surface area contributed by atoms with Crippen molar-refractivity contribution < 1.29 is 28.2 Å². The van der Waals surface area contributed by atoms with E-state index in [0.717, 1.165) is 28.8 Å². The maximum absolute atomic E-state index is 13.0. The number of amides is 1. The molecule has 26 heavy (non-hydrogen) atoms. The van der Waals surface area contributed by atoms with Gasteiger partial charge in [0.1, 0.15) is 0 Å². The number of hydrogen-bond acceptors (Lipinski definition) is 2. The normalized spacial score (nSPS) is 16.4. The minimum Gasteiger partial charge on any atom is -0.465 e. The lowest BCUT2D eigenvalue weighted by molar-refractivity contribution is -0.137. The van der Waals surface area contributed by atoms with E-state index in [2.05, 4.69) is 5.32 Å². The van der Waals surface area contributed by atoms with Crippen molar-refractivity contribution in [1.82, 2.24) is 5.32 Å². The molecule has 1 aliphatic rings. The third-order valence-electron chi connectivity index (χ3n) is 4.50. The van der Waals surface area contributed by atoms with E-state index in [-0.39, 0.29) is 11.6 Å². The number of fused-ring (bicyclic) bond motifs is 1. The summed E-state index contributed by atoms with van der Waals surface area (Å²) < 4.78 is 39.0. The van der Waals surface area contributed by atoms with E-state index >= 15 is 0 Å². The molecule has 0 bridgehead atoms. The summed E-state index contributed by atoms with van der Waals surface area (Å²) in [5, 5.41) is 20.5. The molecule has 0 heterocycles. The molecule has 0 radical (unpaired) electrons. The summed E-state index contributed by atoms with van der Waals surface area (Å²) in [4.78, 5) is 10.8. The average Bonchev–Trinajstić information content (AvgIpc) is 2.94. The zero-order valence-electron chi connectivity index (χ0n) is 13.8. The van der Waals surface area contributed by atoms with Crippen LogP contribution in [0.25, 0.3) is 0 Å². The van der Waals surface area contributed by atoms with Crippen LogP contribution in [0.1, 0.15) is 33.4 Å². The van der Waals surface area contributed by atoms with E-state index in [1.165, 1.54) is 0 Å². The van der Waals surface area contributed by atoms with Crippen molar-refractivity contribution in [3.05, 3.63) is 69.8 Å². The Kier molecular flexibility index (Phi) is 4.91. The molecule has 1 aliphatic carbocycles. The van der Waals surface area contributed by atoms with Gasteiger partial charge in [-0.2, -0.15) is 13.2 Å². The van der Waals surface area contributed by atoms with Crippen molar-refractivity contribution in [1.29, 1.82) is 0 Å². The molecule has 0 aromatic heterocycles. The highest BCUT2D eigenvalue weighted by Crippen LogP contribution is 2.32. The van der Waals surface area contributed by atoms with Crippen molar-refractivity contribution in [2.75, 3.05) is 0 Å². The second kappa shape index (κ2) is 6.99. The van der Waals surface area contributed by atoms with Crippen molar-refractivity contribution in [3.63, 3.8) is 0 Å². The van der Waals surface area contributed by atoms with Crippen molar-refractivity contribution in [3.8, 4) is 0 Å². The fraction of sp³-hybridized carbons (Fsp3) is 0.316. The van der Waals surface area contributed by atoms with Gasteiger partial charge in [-0.25, -0.2) is 4.79 Å². The first-order valence-corrected chi connectivity index (χ1v) is 8.15. The largest absolute Gasteiger partial charge is 0.465 e. The Morgan fingerprint density at radius 1 is 1.04 bits per heavy atom. The van der Waals surface area contributed by atoms with Gasteiger partial charge in [0.05, 0.1) is 12.2 Å². The lowest BCUT2D eigenvalue weighted by atomic mass is 9.97. The van der Waals surface area contributed by atoms with Crippen LogP contribution in [0.5, 0.6) is 0 Å². The molecule has 138 valence electrons. The third kappa shape index (κ3) is 4.16. The van der Waals surface area contributed by atoms with Crippen LogP contribution < -0.4 is 5.32 Å². The van der Waals surface area contributed by atoms with Gasteiger partial charge in [-0.05, 0) is 59.2 Å². The van der Waals surface area contributed by atoms with Gasteiger partial charge in [0.15, 0.2) is 0 Å². The number of halogens is 3. The fourth-order valence-corrected chi connectivity index (χ4v) is 3.41. The molecule has 7 heteroatoms.